The lowest BCUT2D eigenvalue weighted by molar-refractivity contribution is -0.137. The van der Waals surface area contributed by atoms with E-state index < -0.39 is 11.7 Å². The predicted octanol–water partition coefficient (Wildman–Crippen LogP) is 2.15. The van der Waals surface area contributed by atoms with E-state index in [-0.39, 0.29) is 29.9 Å². The van der Waals surface area contributed by atoms with Gasteiger partial charge in [-0.05, 0) is 17.7 Å². The lowest BCUT2D eigenvalue weighted by atomic mass is 10.1. The molecule has 28 heavy (non-hydrogen) atoms. The van der Waals surface area contributed by atoms with Gasteiger partial charge in [0.2, 0.25) is 5.91 Å². The van der Waals surface area contributed by atoms with Crippen LogP contribution >= 0.6 is 24.0 Å². The first kappa shape index (κ1) is 24.5. The molecule has 0 spiro atoms. The molecule has 0 unspecified atom stereocenters. The van der Waals surface area contributed by atoms with E-state index in [9.17, 15) is 18.0 Å². The average Bonchev–Trinajstić information content (AvgIpc) is 2.64. The topological polar surface area (TPSA) is 60.0 Å². The molecule has 0 bridgehead atoms. The van der Waals surface area contributed by atoms with Crippen molar-refractivity contribution in [2.75, 3.05) is 46.3 Å². The highest BCUT2D eigenvalue weighted by Crippen LogP contribution is 2.28. The van der Waals surface area contributed by atoms with Crippen LogP contribution in [0.5, 0.6) is 0 Å². The minimum Gasteiger partial charge on any atom is -0.355 e. The van der Waals surface area contributed by atoms with Crippen molar-refractivity contribution in [2.24, 2.45) is 4.99 Å². The lowest BCUT2D eigenvalue weighted by Gasteiger charge is -2.34. The smallest absolute Gasteiger partial charge is 0.355 e. The number of alkyl halides is 3. The van der Waals surface area contributed by atoms with Gasteiger partial charge in [-0.1, -0.05) is 12.1 Å². The summed E-state index contributed by atoms with van der Waals surface area (Å²) in [5, 5.41) is 6.28. The van der Waals surface area contributed by atoms with Crippen LogP contribution in [-0.2, 0) is 17.5 Å². The molecular formula is C18H27F3IN5O. The Morgan fingerprint density at radius 2 is 1.71 bits per heavy atom. The van der Waals surface area contributed by atoms with Crippen molar-refractivity contribution in [1.29, 1.82) is 0 Å². The van der Waals surface area contributed by atoms with Gasteiger partial charge >= 0.3 is 6.18 Å². The highest BCUT2D eigenvalue weighted by molar-refractivity contribution is 14.0. The van der Waals surface area contributed by atoms with Gasteiger partial charge in [-0.15, -0.1) is 24.0 Å². The number of carbonyl (C=O) groups is 1. The molecule has 1 amide bonds. The van der Waals surface area contributed by atoms with Crippen molar-refractivity contribution >= 4 is 35.8 Å². The van der Waals surface area contributed by atoms with Crippen LogP contribution < -0.4 is 10.6 Å². The largest absolute Gasteiger partial charge is 0.416 e. The third-order valence-corrected chi connectivity index (χ3v) is 4.50. The molecule has 2 rings (SSSR count). The van der Waals surface area contributed by atoms with Crippen molar-refractivity contribution in [3.63, 3.8) is 0 Å². The van der Waals surface area contributed by atoms with Crippen LogP contribution in [0.25, 0.3) is 0 Å². The van der Waals surface area contributed by atoms with E-state index in [4.69, 9.17) is 0 Å². The monoisotopic (exact) mass is 513 g/mol. The zero-order valence-corrected chi connectivity index (χ0v) is 18.4. The van der Waals surface area contributed by atoms with E-state index in [1.807, 2.05) is 4.90 Å². The number of rotatable bonds is 5. The van der Waals surface area contributed by atoms with Crippen LogP contribution in [0.4, 0.5) is 13.2 Å². The Labute approximate surface area is 180 Å². The highest BCUT2D eigenvalue weighted by atomic mass is 127. The first-order chi connectivity index (χ1) is 12.8. The van der Waals surface area contributed by atoms with Crippen LogP contribution in [0.1, 0.15) is 18.1 Å². The Morgan fingerprint density at radius 3 is 2.21 bits per heavy atom. The molecule has 0 saturated carbocycles. The third-order valence-electron chi connectivity index (χ3n) is 4.50. The second kappa shape index (κ2) is 11.4. The van der Waals surface area contributed by atoms with Gasteiger partial charge in [-0.25, -0.2) is 0 Å². The summed E-state index contributed by atoms with van der Waals surface area (Å²) in [7, 11) is 1.65. The molecule has 1 aliphatic heterocycles. The van der Waals surface area contributed by atoms with E-state index in [0.29, 0.717) is 19.0 Å². The minimum atomic E-state index is -4.32. The molecule has 6 nitrogen and oxygen atoms in total. The van der Waals surface area contributed by atoms with E-state index in [0.717, 1.165) is 50.4 Å². The first-order valence-electron chi connectivity index (χ1n) is 8.88. The number of hydrogen-bond donors (Lipinski definition) is 2. The Hall–Kier alpha value is -1.56. The predicted molar refractivity (Wildman–Crippen MR) is 114 cm³/mol. The quantitative estimate of drug-likeness (QED) is 0.360. The van der Waals surface area contributed by atoms with E-state index in [1.54, 1.807) is 14.0 Å². The maximum atomic E-state index is 12.6. The molecule has 2 N–H and O–H groups in total. The number of nitrogens with zero attached hydrogens (tertiary/aromatic N) is 3. The number of aliphatic imine (C=N–C) groups is 1. The number of carbonyl (C=O) groups excluding carboxylic acids is 1. The van der Waals surface area contributed by atoms with Crippen molar-refractivity contribution < 1.29 is 18.0 Å². The fourth-order valence-corrected chi connectivity index (χ4v) is 2.84. The maximum absolute atomic E-state index is 12.6. The van der Waals surface area contributed by atoms with Gasteiger partial charge in [0.1, 0.15) is 0 Å². The van der Waals surface area contributed by atoms with Gasteiger partial charge in [0, 0.05) is 59.8 Å². The Morgan fingerprint density at radius 1 is 1.11 bits per heavy atom. The molecule has 1 saturated heterocycles. The van der Waals surface area contributed by atoms with Gasteiger partial charge < -0.3 is 15.5 Å². The van der Waals surface area contributed by atoms with Gasteiger partial charge in [-0.3, -0.25) is 14.7 Å². The van der Waals surface area contributed by atoms with Crippen LogP contribution in [0.15, 0.2) is 29.3 Å². The average molecular weight is 513 g/mol. The Balaban J connectivity index is 0.00000392. The van der Waals surface area contributed by atoms with Crippen LogP contribution in [-0.4, -0.2) is 68.0 Å². The van der Waals surface area contributed by atoms with E-state index in [2.05, 4.69) is 20.5 Å². The fourth-order valence-electron chi connectivity index (χ4n) is 2.84. The number of nitrogens with one attached hydrogen (secondary N) is 2. The second-order valence-electron chi connectivity index (χ2n) is 6.39. The number of amides is 1. The number of benzene rings is 1. The summed E-state index contributed by atoms with van der Waals surface area (Å²) in [6.07, 6.45) is -4.32. The second-order valence-corrected chi connectivity index (χ2v) is 6.39. The summed E-state index contributed by atoms with van der Waals surface area (Å²) in [6, 6.07) is 5.07. The molecular weight excluding hydrogens is 486 g/mol. The molecule has 0 aliphatic carbocycles. The number of halogens is 4. The summed E-state index contributed by atoms with van der Waals surface area (Å²) in [4.78, 5) is 19.6. The first-order valence-corrected chi connectivity index (χ1v) is 8.88. The Kier molecular flexibility index (Phi) is 10.0. The normalized spacial score (nSPS) is 15.8. The van der Waals surface area contributed by atoms with Crippen molar-refractivity contribution in [1.82, 2.24) is 20.4 Å². The molecule has 1 aromatic rings. The summed E-state index contributed by atoms with van der Waals surface area (Å²) in [5.41, 5.74) is 0.0879. The molecule has 0 atom stereocenters. The molecule has 0 aromatic heterocycles. The summed E-state index contributed by atoms with van der Waals surface area (Å²) >= 11 is 0. The van der Waals surface area contributed by atoms with Crippen molar-refractivity contribution in [3.8, 4) is 0 Å². The Bertz CT molecular complexity index is 644. The van der Waals surface area contributed by atoms with Gasteiger partial charge in [0.25, 0.3) is 0 Å². The number of hydrogen-bond acceptors (Lipinski definition) is 3. The molecule has 1 fully saturated rings. The van der Waals surface area contributed by atoms with Crippen LogP contribution in [0, 0.1) is 0 Å². The molecule has 1 aliphatic rings. The van der Waals surface area contributed by atoms with E-state index in [1.165, 1.54) is 12.1 Å². The van der Waals surface area contributed by atoms with Gasteiger partial charge in [-0.2, -0.15) is 13.2 Å². The van der Waals surface area contributed by atoms with Gasteiger partial charge in [0.15, 0.2) is 5.96 Å². The fraction of sp³-hybridized carbons (Fsp3) is 0.556. The zero-order valence-electron chi connectivity index (χ0n) is 16.1. The highest BCUT2D eigenvalue weighted by Gasteiger charge is 2.29. The maximum Gasteiger partial charge on any atom is 0.416 e. The number of guanidine groups is 1. The summed E-state index contributed by atoms with van der Waals surface area (Å²) < 4.78 is 37.7. The van der Waals surface area contributed by atoms with Gasteiger partial charge in [0.05, 0.1) is 5.56 Å². The molecule has 0 radical (unpaired) electrons. The summed E-state index contributed by atoms with van der Waals surface area (Å²) in [5.74, 6) is 0.706. The standard InChI is InChI=1S/C18H26F3N5O.HI/c1-14(27)26-11-9-25(10-12-26)8-7-23-17(22-2)24-13-15-3-5-16(6-4-15)18(19,20)21;/h3-6H,7-13H2,1-2H3,(H2,22,23,24);1H. The SMILES string of the molecule is CN=C(NCCN1CCN(C(C)=O)CC1)NCc1ccc(C(F)(F)F)cc1.I. The minimum absolute atomic E-state index is 0. The molecule has 158 valence electrons. The lowest BCUT2D eigenvalue weighted by Crippen LogP contribution is -2.50. The van der Waals surface area contributed by atoms with Crippen LogP contribution in [0.3, 0.4) is 0 Å². The number of piperazine rings is 1. The van der Waals surface area contributed by atoms with Crippen LogP contribution in [0.2, 0.25) is 0 Å². The molecule has 1 heterocycles. The van der Waals surface area contributed by atoms with Crippen molar-refractivity contribution in [3.05, 3.63) is 35.4 Å². The van der Waals surface area contributed by atoms with E-state index >= 15 is 0 Å². The third kappa shape index (κ3) is 7.82. The zero-order chi connectivity index (χ0) is 19.9. The van der Waals surface area contributed by atoms with Crippen molar-refractivity contribution in [2.45, 2.75) is 19.6 Å². The molecule has 10 heteroatoms. The summed E-state index contributed by atoms with van der Waals surface area (Å²) in [6.45, 7) is 6.67. The molecule has 1 aromatic carbocycles.